The molecule has 8 heteroatoms. The molecule has 0 radical (unpaired) electrons. The monoisotopic (exact) mass is 476 g/mol. The number of piperidine rings is 1. The van der Waals surface area contributed by atoms with E-state index >= 15 is 0 Å². The van der Waals surface area contributed by atoms with Crippen LogP contribution in [0.4, 0.5) is 5.95 Å². The zero-order valence-corrected chi connectivity index (χ0v) is 20.1. The Labute approximate surface area is 203 Å². The van der Waals surface area contributed by atoms with Gasteiger partial charge in [-0.15, -0.1) is 0 Å². The molecule has 176 valence electrons. The largest absolute Gasteiger partial charge is 0.341 e. The van der Waals surface area contributed by atoms with E-state index in [0.717, 1.165) is 49.4 Å². The molecule has 0 amide bonds. The van der Waals surface area contributed by atoms with Gasteiger partial charge in [0.05, 0.1) is 6.54 Å². The number of rotatable bonds is 6. The topological polar surface area (TPSA) is 82.0 Å². The van der Waals surface area contributed by atoms with Crippen LogP contribution in [-0.2, 0) is 26.4 Å². The molecule has 4 aromatic rings. The fourth-order valence-corrected chi connectivity index (χ4v) is 4.93. The summed E-state index contributed by atoms with van der Waals surface area (Å²) in [6, 6.07) is 18.0. The number of aromatic nitrogens is 4. The highest BCUT2D eigenvalue weighted by molar-refractivity contribution is 6.30. The van der Waals surface area contributed by atoms with Crippen LogP contribution in [0.2, 0.25) is 5.02 Å². The Morgan fingerprint density at radius 3 is 2.62 bits per heavy atom. The number of imidazole rings is 1. The number of nitrogens with zero attached hydrogens (tertiary/aromatic N) is 5. The van der Waals surface area contributed by atoms with E-state index in [9.17, 15) is 4.79 Å². The van der Waals surface area contributed by atoms with Crippen LogP contribution >= 0.6 is 11.6 Å². The molecule has 0 aliphatic carbocycles. The summed E-state index contributed by atoms with van der Waals surface area (Å²) in [7, 11) is 1.79. The van der Waals surface area contributed by atoms with Crippen molar-refractivity contribution < 1.29 is 0 Å². The number of fused-ring (bicyclic) bond motifs is 1. The lowest BCUT2D eigenvalue weighted by Crippen LogP contribution is -2.44. The van der Waals surface area contributed by atoms with Gasteiger partial charge in [-0.25, -0.2) is 4.98 Å². The van der Waals surface area contributed by atoms with Gasteiger partial charge in [0.15, 0.2) is 11.2 Å². The zero-order valence-electron chi connectivity index (χ0n) is 19.3. The highest BCUT2D eigenvalue weighted by Gasteiger charge is 2.25. The second kappa shape index (κ2) is 9.60. The number of halogens is 1. The smallest absolute Gasteiger partial charge is 0.279 e. The molecule has 1 atom stereocenters. The Balaban J connectivity index is 1.57. The van der Waals surface area contributed by atoms with Gasteiger partial charge in [0, 0.05) is 37.6 Å². The van der Waals surface area contributed by atoms with Crippen LogP contribution in [0.3, 0.4) is 0 Å². The number of nitrogens with two attached hydrogens (primary N) is 1. The van der Waals surface area contributed by atoms with Gasteiger partial charge < -0.3 is 10.6 Å². The third-order valence-electron chi connectivity index (χ3n) is 6.51. The summed E-state index contributed by atoms with van der Waals surface area (Å²) in [5, 5.41) is 0.707. The Morgan fingerprint density at radius 1 is 1.06 bits per heavy atom. The minimum Gasteiger partial charge on any atom is -0.341 e. The molecule has 34 heavy (non-hydrogen) atoms. The summed E-state index contributed by atoms with van der Waals surface area (Å²) in [6.07, 6.45) is 3.37. The molecule has 0 spiro atoms. The minimum atomic E-state index is -0.0814. The maximum atomic E-state index is 13.6. The van der Waals surface area contributed by atoms with Crippen molar-refractivity contribution in [3.8, 4) is 0 Å². The van der Waals surface area contributed by atoms with Crippen LogP contribution in [-0.4, -0.2) is 38.2 Å². The molecule has 1 unspecified atom stereocenters. The Hall–Kier alpha value is -3.16. The van der Waals surface area contributed by atoms with Crippen molar-refractivity contribution in [3.05, 3.63) is 86.9 Å². The second-order valence-corrected chi connectivity index (χ2v) is 9.46. The first-order valence-corrected chi connectivity index (χ1v) is 12.1. The third-order valence-corrected chi connectivity index (χ3v) is 6.74. The Kier molecular flexibility index (Phi) is 6.39. The summed E-state index contributed by atoms with van der Waals surface area (Å²) in [5.74, 6) is 1.48. The van der Waals surface area contributed by atoms with Crippen molar-refractivity contribution in [2.24, 2.45) is 12.8 Å². The van der Waals surface area contributed by atoms with Gasteiger partial charge in [0.25, 0.3) is 5.56 Å². The van der Waals surface area contributed by atoms with Gasteiger partial charge in [-0.3, -0.25) is 13.9 Å². The molecule has 1 aliphatic heterocycles. The quantitative estimate of drug-likeness (QED) is 0.460. The van der Waals surface area contributed by atoms with Crippen LogP contribution < -0.4 is 16.2 Å². The van der Waals surface area contributed by atoms with Gasteiger partial charge in [-0.05, 0) is 42.5 Å². The lowest BCUT2D eigenvalue weighted by molar-refractivity contribution is 0.495. The lowest BCUT2D eigenvalue weighted by atomic mass is 10.1. The van der Waals surface area contributed by atoms with E-state index in [-0.39, 0.29) is 11.6 Å². The first kappa shape index (κ1) is 22.6. The highest BCUT2D eigenvalue weighted by atomic mass is 35.5. The van der Waals surface area contributed by atoms with Crippen molar-refractivity contribution in [2.75, 3.05) is 18.0 Å². The molecule has 3 heterocycles. The molecular weight excluding hydrogens is 448 g/mol. The zero-order chi connectivity index (χ0) is 23.7. The molecule has 0 bridgehead atoms. The second-order valence-electron chi connectivity index (χ2n) is 9.03. The maximum absolute atomic E-state index is 13.6. The van der Waals surface area contributed by atoms with E-state index in [2.05, 4.69) is 17.0 Å². The molecule has 7 nitrogen and oxygen atoms in total. The average Bonchev–Trinajstić information content (AvgIpc) is 3.19. The van der Waals surface area contributed by atoms with Crippen LogP contribution in [0.25, 0.3) is 11.2 Å². The summed E-state index contributed by atoms with van der Waals surface area (Å²) in [6.45, 7) is 2.14. The molecule has 1 saturated heterocycles. The predicted molar refractivity (Wildman–Crippen MR) is 137 cm³/mol. The summed E-state index contributed by atoms with van der Waals surface area (Å²) < 4.78 is 3.67. The van der Waals surface area contributed by atoms with Gasteiger partial charge in [0.2, 0.25) is 5.95 Å². The van der Waals surface area contributed by atoms with E-state index in [1.54, 1.807) is 11.6 Å². The number of hydrogen-bond acceptors (Lipinski definition) is 5. The van der Waals surface area contributed by atoms with Crippen LogP contribution in [0.1, 0.15) is 29.8 Å². The third kappa shape index (κ3) is 4.58. The van der Waals surface area contributed by atoms with Gasteiger partial charge >= 0.3 is 0 Å². The first-order valence-electron chi connectivity index (χ1n) is 11.7. The fraction of sp³-hybridized carbons (Fsp3) is 0.346. The van der Waals surface area contributed by atoms with Crippen molar-refractivity contribution in [2.45, 2.75) is 38.3 Å². The standard InChI is InChI=1S/C26H29ClN6O/c1-31-22(13-12-18-9-5-10-20(27)15-18)29-24-23(25(31)34)33(16-19-7-3-2-4-8-19)26(30-24)32-14-6-11-21(28)17-32/h2-5,7-10,15,21H,6,11-14,16-17,28H2,1H3. The number of benzene rings is 2. The van der Waals surface area contributed by atoms with E-state index in [1.807, 2.05) is 47.0 Å². The highest BCUT2D eigenvalue weighted by Crippen LogP contribution is 2.24. The first-order chi connectivity index (χ1) is 16.5. The van der Waals surface area contributed by atoms with E-state index in [4.69, 9.17) is 27.3 Å². The number of hydrogen-bond donors (Lipinski definition) is 1. The fourth-order valence-electron chi connectivity index (χ4n) is 4.71. The van der Waals surface area contributed by atoms with Crippen LogP contribution in [0.15, 0.2) is 59.4 Å². The molecule has 2 aromatic heterocycles. The van der Waals surface area contributed by atoms with E-state index < -0.39 is 0 Å². The van der Waals surface area contributed by atoms with Crippen molar-refractivity contribution in [3.63, 3.8) is 0 Å². The molecule has 1 aliphatic rings. The van der Waals surface area contributed by atoms with Crippen molar-refractivity contribution >= 4 is 28.7 Å². The summed E-state index contributed by atoms with van der Waals surface area (Å²) in [4.78, 5) is 25.5. The Bertz CT molecular complexity index is 1360. The summed E-state index contributed by atoms with van der Waals surface area (Å²) >= 11 is 6.13. The molecule has 1 fully saturated rings. The minimum absolute atomic E-state index is 0.0814. The van der Waals surface area contributed by atoms with Crippen molar-refractivity contribution in [1.29, 1.82) is 0 Å². The van der Waals surface area contributed by atoms with Crippen molar-refractivity contribution in [1.82, 2.24) is 19.1 Å². The molecule has 2 aromatic carbocycles. The van der Waals surface area contributed by atoms with Crippen LogP contribution in [0, 0.1) is 0 Å². The summed E-state index contributed by atoms with van der Waals surface area (Å²) in [5.41, 5.74) is 9.44. The predicted octanol–water partition coefficient (Wildman–Crippen LogP) is 3.54. The molecule has 5 rings (SSSR count). The SMILES string of the molecule is Cn1c(CCc2cccc(Cl)c2)nc2nc(N3CCCC(N)C3)n(Cc3ccccc3)c2c1=O. The van der Waals surface area contributed by atoms with E-state index in [1.165, 1.54) is 0 Å². The lowest BCUT2D eigenvalue weighted by Gasteiger charge is -2.31. The molecular formula is C26H29ClN6O. The van der Waals surface area contributed by atoms with Gasteiger partial charge in [-0.1, -0.05) is 54.1 Å². The Morgan fingerprint density at radius 2 is 1.85 bits per heavy atom. The van der Waals surface area contributed by atoms with E-state index in [0.29, 0.717) is 35.0 Å². The number of aryl methyl sites for hydroxylation is 2. The van der Waals surface area contributed by atoms with Crippen LogP contribution in [0.5, 0.6) is 0 Å². The maximum Gasteiger partial charge on any atom is 0.279 e. The normalized spacial score (nSPS) is 16.3. The molecule has 2 N–H and O–H groups in total. The molecule has 0 saturated carbocycles. The van der Waals surface area contributed by atoms with Gasteiger partial charge in [0.1, 0.15) is 5.82 Å². The van der Waals surface area contributed by atoms with Gasteiger partial charge in [-0.2, -0.15) is 4.98 Å². The average molecular weight is 477 g/mol. The number of anilines is 1.